The predicted molar refractivity (Wildman–Crippen MR) is 123 cm³/mol. The van der Waals surface area contributed by atoms with Crippen molar-refractivity contribution in [3.63, 3.8) is 0 Å². The number of para-hydroxylation sites is 1. The van der Waals surface area contributed by atoms with E-state index in [1.807, 2.05) is 18.2 Å². The molecule has 180 valence electrons. The van der Waals surface area contributed by atoms with Gasteiger partial charge in [0.25, 0.3) is 0 Å². The second kappa shape index (κ2) is 7.40. The maximum atomic E-state index is 13.4. The second-order valence-electron chi connectivity index (χ2n) is 10.8. The molecule has 5 aliphatic carbocycles. The van der Waals surface area contributed by atoms with Crippen molar-refractivity contribution in [3.05, 3.63) is 41.0 Å². The first-order valence-electron chi connectivity index (χ1n) is 13.0. The van der Waals surface area contributed by atoms with Gasteiger partial charge >= 0.3 is 12.2 Å². The van der Waals surface area contributed by atoms with Crippen molar-refractivity contribution >= 4 is 12.2 Å². The lowest BCUT2D eigenvalue weighted by molar-refractivity contribution is -0.0691. The van der Waals surface area contributed by atoms with Crippen LogP contribution in [0.25, 0.3) is 0 Å². The predicted octanol–water partition coefficient (Wildman–Crippen LogP) is 4.88. The highest BCUT2D eigenvalue weighted by molar-refractivity contribution is 5.79. The van der Waals surface area contributed by atoms with Gasteiger partial charge in [0.15, 0.2) is 0 Å². The summed E-state index contributed by atoms with van der Waals surface area (Å²) in [6.07, 6.45) is 5.18. The van der Waals surface area contributed by atoms with Crippen LogP contribution in [0, 0.1) is 23.7 Å². The minimum absolute atomic E-state index is 0.00373. The molecule has 6 fully saturated rings. The first kappa shape index (κ1) is 20.7. The Morgan fingerprint density at radius 3 is 2.06 bits per heavy atom. The van der Waals surface area contributed by atoms with E-state index in [9.17, 15) is 9.59 Å². The van der Waals surface area contributed by atoms with E-state index in [0.29, 0.717) is 11.8 Å². The Labute approximate surface area is 200 Å². The molecule has 8 rings (SSSR count). The molecule has 1 aromatic rings. The minimum atomic E-state index is -0.497. The molecule has 0 unspecified atom stereocenters. The van der Waals surface area contributed by atoms with E-state index in [0.717, 1.165) is 23.1 Å². The van der Waals surface area contributed by atoms with Crippen LogP contribution in [0.3, 0.4) is 0 Å². The molecule has 2 amide bonds. The van der Waals surface area contributed by atoms with E-state index in [1.54, 1.807) is 18.9 Å². The highest BCUT2D eigenvalue weighted by Crippen LogP contribution is 2.63. The molecule has 0 N–H and O–H groups in total. The summed E-state index contributed by atoms with van der Waals surface area (Å²) in [6.45, 7) is 4.10. The number of rotatable bonds is 2. The number of hydrogen-bond donors (Lipinski definition) is 0. The van der Waals surface area contributed by atoms with Gasteiger partial charge in [-0.3, -0.25) is 0 Å². The molecule has 0 aromatic heterocycles. The molecule has 7 nitrogen and oxygen atoms in total. The van der Waals surface area contributed by atoms with Crippen LogP contribution in [0.5, 0.6) is 5.75 Å². The molecule has 2 aliphatic heterocycles. The number of hydrogen-bond acceptors (Lipinski definition) is 5. The molecule has 34 heavy (non-hydrogen) atoms. The fourth-order valence-electron chi connectivity index (χ4n) is 8.53. The minimum Gasteiger partial charge on any atom is -0.487 e. The number of carbonyl (C=O) groups is 2. The molecule has 4 atom stereocenters. The molecule has 7 heteroatoms. The standard InChI is InChI=1S/C27H32N2O5/c1-3-32-26(30)28-23-21-18-7-5-6-8-19(18)34-25(21)24(29(28)27(31)33-4-2)22(23)20-16-10-14-9-15(12-16)13-17(20)11-14/h5-8,14-17,21,23-25H,3-4,9-13H2,1-2H3/t14?,15?,16?,17?,21-,23-,24-,25-/m0/s1. The third-order valence-corrected chi connectivity index (χ3v) is 9.20. The van der Waals surface area contributed by atoms with Crippen LogP contribution in [-0.4, -0.2) is 53.6 Å². The van der Waals surface area contributed by atoms with E-state index in [2.05, 4.69) is 6.07 Å². The summed E-state index contributed by atoms with van der Waals surface area (Å²) in [5.74, 6) is 3.66. The van der Waals surface area contributed by atoms with Gasteiger partial charge < -0.3 is 14.2 Å². The van der Waals surface area contributed by atoms with Crippen LogP contribution in [0.1, 0.15) is 57.4 Å². The molecule has 0 radical (unpaired) electrons. The van der Waals surface area contributed by atoms with Crippen LogP contribution in [0.4, 0.5) is 9.59 Å². The van der Waals surface area contributed by atoms with Crippen molar-refractivity contribution in [1.29, 1.82) is 0 Å². The fourth-order valence-corrected chi connectivity index (χ4v) is 8.53. The van der Waals surface area contributed by atoms with E-state index in [4.69, 9.17) is 14.2 Å². The number of fused-ring (bicyclic) bond motifs is 7. The Hall–Kier alpha value is -2.70. The zero-order chi connectivity index (χ0) is 23.1. The third kappa shape index (κ3) is 2.64. The Bertz CT molecular complexity index is 1050. The molecule has 7 aliphatic rings. The van der Waals surface area contributed by atoms with Gasteiger partial charge in [-0.15, -0.1) is 0 Å². The SMILES string of the molecule is CCOC(=O)N1[C@@H]2C(=C3C4CC5CC(C4)CC3C5)[C@@H]([C@H]3Oc4ccccc4[C@H]32)N1C(=O)OCC. The summed E-state index contributed by atoms with van der Waals surface area (Å²) in [5.41, 5.74) is 3.90. The zero-order valence-electron chi connectivity index (χ0n) is 19.8. The summed E-state index contributed by atoms with van der Waals surface area (Å²) >= 11 is 0. The summed E-state index contributed by atoms with van der Waals surface area (Å²) < 4.78 is 17.5. The molecule has 2 heterocycles. The third-order valence-electron chi connectivity index (χ3n) is 9.20. The molecule has 1 saturated heterocycles. The number of benzene rings is 1. The van der Waals surface area contributed by atoms with Gasteiger partial charge in [0.1, 0.15) is 17.9 Å². The van der Waals surface area contributed by atoms with Crippen molar-refractivity contribution in [2.45, 2.75) is 70.1 Å². The van der Waals surface area contributed by atoms with Gasteiger partial charge in [-0.2, -0.15) is 0 Å². The lowest BCUT2D eigenvalue weighted by Crippen LogP contribution is -2.59. The highest BCUT2D eigenvalue weighted by Gasteiger charge is 2.69. The van der Waals surface area contributed by atoms with E-state index < -0.39 is 12.2 Å². The van der Waals surface area contributed by atoms with Crippen LogP contribution >= 0.6 is 0 Å². The smallest absolute Gasteiger partial charge is 0.429 e. The van der Waals surface area contributed by atoms with Crippen LogP contribution < -0.4 is 4.74 Å². The fraction of sp³-hybridized carbons (Fsp3) is 0.630. The zero-order valence-corrected chi connectivity index (χ0v) is 19.8. The number of carbonyl (C=O) groups excluding carboxylic acids is 2. The Morgan fingerprint density at radius 2 is 1.44 bits per heavy atom. The van der Waals surface area contributed by atoms with Gasteiger partial charge in [-0.25, -0.2) is 19.6 Å². The van der Waals surface area contributed by atoms with Gasteiger partial charge in [0.2, 0.25) is 0 Å². The number of amides is 2. The van der Waals surface area contributed by atoms with Crippen LogP contribution in [-0.2, 0) is 9.47 Å². The molecular formula is C27H32N2O5. The molecular weight excluding hydrogens is 432 g/mol. The van der Waals surface area contributed by atoms with Crippen LogP contribution in [0.2, 0.25) is 0 Å². The number of ether oxygens (including phenoxy) is 3. The van der Waals surface area contributed by atoms with Crippen molar-refractivity contribution in [1.82, 2.24) is 10.0 Å². The Morgan fingerprint density at radius 1 is 0.853 bits per heavy atom. The molecule has 5 saturated carbocycles. The average Bonchev–Trinajstić information content (AvgIpc) is 3.44. The Kier molecular flexibility index (Phi) is 4.49. The quantitative estimate of drug-likeness (QED) is 0.584. The summed E-state index contributed by atoms with van der Waals surface area (Å²) in [7, 11) is 0. The number of hydrazine groups is 1. The largest absolute Gasteiger partial charge is 0.487 e. The number of allylic oxidation sites excluding steroid dienone is 1. The van der Waals surface area contributed by atoms with Gasteiger partial charge in [-0.05, 0) is 81.3 Å². The van der Waals surface area contributed by atoms with Gasteiger partial charge in [0, 0.05) is 5.56 Å². The van der Waals surface area contributed by atoms with E-state index in [1.165, 1.54) is 48.3 Å². The van der Waals surface area contributed by atoms with Crippen molar-refractivity contribution < 1.29 is 23.8 Å². The molecule has 6 bridgehead atoms. The normalized spacial score (nSPS) is 38.2. The number of nitrogens with zero attached hydrogens (tertiary/aromatic N) is 2. The van der Waals surface area contributed by atoms with Crippen molar-refractivity contribution in [3.8, 4) is 5.75 Å². The van der Waals surface area contributed by atoms with Gasteiger partial charge in [0.05, 0.1) is 25.2 Å². The molecule has 0 spiro atoms. The molecule has 1 aromatic carbocycles. The van der Waals surface area contributed by atoms with Gasteiger partial charge in [-0.1, -0.05) is 23.8 Å². The van der Waals surface area contributed by atoms with Crippen molar-refractivity contribution in [2.24, 2.45) is 23.7 Å². The summed E-state index contributed by atoms with van der Waals surface area (Å²) in [4.78, 5) is 26.7. The van der Waals surface area contributed by atoms with E-state index in [-0.39, 0.29) is 37.3 Å². The first-order valence-corrected chi connectivity index (χ1v) is 13.0. The maximum Gasteiger partial charge on any atom is 0.429 e. The Balaban J connectivity index is 1.41. The first-order chi connectivity index (χ1) is 16.6. The average molecular weight is 465 g/mol. The van der Waals surface area contributed by atoms with Crippen LogP contribution in [0.15, 0.2) is 35.4 Å². The maximum absolute atomic E-state index is 13.4. The lowest BCUT2D eigenvalue weighted by atomic mass is 9.53. The van der Waals surface area contributed by atoms with E-state index >= 15 is 0 Å². The lowest BCUT2D eigenvalue weighted by Gasteiger charge is -2.52. The second-order valence-corrected chi connectivity index (χ2v) is 10.8. The highest BCUT2D eigenvalue weighted by atomic mass is 16.6. The topological polar surface area (TPSA) is 68.3 Å². The summed E-state index contributed by atoms with van der Waals surface area (Å²) in [6, 6.07) is 7.51. The summed E-state index contributed by atoms with van der Waals surface area (Å²) in [5, 5.41) is 3.11. The monoisotopic (exact) mass is 464 g/mol. The van der Waals surface area contributed by atoms with Crippen molar-refractivity contribution in [2.75, 3.05) is 13.2 Å².